The van der Waals surface area contributed by atoms with Gasteiger partial charge in [-0.05, 0) is 85.9 Å². The van der Waals surface area contributed by atoms with Crippen LogP contribution in [0.5, 0.6) is 5.75 Å². The molecule has 0 radical (unpaired) electrons. The van der Waals surface area contributed by atoms with Gasteiger partial charge in [-0.1, -0.05) is 30.3 Å². The van der Waals surface area contributed by atoms with Gasteiger partial charge in [0.2, 0.25) is 0 Å². The van der Waals surface area contributed by atoms with Gasteiger partial charge >= 0.3 is 0 Å². The van der Waals surface area contributed by atoms with Gasteiger partial charge in [0.15, 0.2) is 6.10 Å². The zero-order chi connectivity index (χ0) is 19.1. The van der Waals surface area contributed by atoms with Gasteiger partial charge in [0.25, 0.3) is 5.91 Å². The number of benzene rings is 3. The SMILES string of the molecule is Cc1cc(C)c(C)c(OC(C)C(=O)Nc2ccc3c4c(cccc24)CC3)c1. The van der Waals surface area contributed by atoms with Crippen LogP contribution in [0.4, 0.5) is 5.69 Å². The average molecular weight is 359 g/mol. The number of rotatable bonds is 4. The van der Waals surface area contributed by atoms with Crippen molar-refractivity contribution in [1.29, 1.82) is 0 Å². The Bertz CT molecular complexity index is 1040. The third-order valence-corrected chi connectivity index (χ3v) is 5.57. The van der Waals surface area contributed by atoms with E-state index in [9.17, 15) is 4.79 Å². The third kappa shape index (κ3) is 3.18. The summed E-state index contributed by atoms with van der Waals surface area (Å²) < 4.78 is 6.00. The molecule has 1 amide bonds. The van der Waals surface area contributed by atoms with Crippen molar-refractivity contribution >= 4 is 22.4 Å². The van der Waals surface area contributed by atoms with Gasteiger partial charge in [0.1, 0.15) is 5.75 Å². The first kappa shape index (κ1) is 17.6. The van der Waals surface area contributed by atoms with Crippen LogP contribution in [0.2, 0.25) is 0 Å². The van der Waals surface area contributed by atoms with Crippen molar-refractivity contribution in [3.63, 3.8) is 0 Å². The molecule has 138 valence electrons. The molecule has 27 heavy (non-hydrogen) atoms. The highest BCUT2D eigenvalue weighted by Crippen LogP contribution is 2.35. The van der Waals surface area contributed by atoms with Gasteiger partial charge < -0.3 is 10.1 Å². The molecule has 0 aliphatic heterocycles. The van der Waals surface area contributed by atoms with Crippen molar-refractivity contribution in [3.8, 4) is 5.75 Å². The summed E-state index contributed by atoms with van der Waals surface area (Å²) >= 11 is 0. The number of amides is 1. The lowest BCUT2D eigenvalue weighted by atomic mass is 10.0. The van der Waals surface area contributed by atoms with Crippen LogP contribution in [-0.2, 0) is 17.6 Å². The highest BCUT2D eigenvalue weighted by molar-refractivity contribution is 6.06. The molecule has 0 saturated carbocycles. The van der Waals surface area contributed by atoms with Crippen LogP contribution in [-0.4, -0.2) is 12.0 Å². The summed E-state index contributed by atoms with van der Waals surface area (Å²) in [4.78, 5) is 12.8. The molecule has 3 aromatic rings. The number of nitrogens with one attached hydrogen (secondary N) is 1. The zero-order valence-electron chi connectivity index (χ0n) is 16.3. The van der Waals surface area contributed by atoms with E-state index in [0.29, 0.717) is 0 Å². The average Bonchev–Trinajstić information content (AvgIpc) is 3.06. The number of carbonyl (C=O) groups is 1. The third-order valence-electron chi connectivity index (χ3n) is 5.57. The quantitative estimate of drug-likeness (QED) is 0.689. The Balaban J connectivity index is 1.57. The van der Waals surface area contributed by atoms with Crippen molar-refractivity contribution in [2.24, 2.45) is 0 Å². The van der Waals surface area contributed by atoms with Crippen molar-refractivity contribution in [2.45, 2.75) is 46.6 Å². The molecular weight excluding hydrogens is 334 g/mol. The number of anilines is 1. The summed E-state index contributed by atoms with van der Waals surface area (Å²) in [5, 5.41) is 5.49. The molecule has 0 saturated heterocycles. The van der Waals surface area contributed by atoms with Crippen molar-refractivity contribution < 1.29 is 9.53 Å². The number of hydrogen-bond donors (Lipinski definition) is 1. The molecule has 0 heterocycles. The lowest BCUT2D eigenvalue weighted by Crippen LogP contribution is -2.30. The van der Waals surface area contributed by atoms with Crippen LogP contribution >= 0.6 is 0 Å². The Labute approximate surface area is 160 Å². The molecule has 1 aliphatic carbocycles. The summed E-state index contributed by atoms with van der Waals surface area (Å²) in [6, 6.07) is 14.6. The Morgan fingerprint density at radius 3 is 2.56 bits per heavy atom. The van der Waals surface area contributed by atoms with Crippen LogP contribution in [0.25, 0.3) is 10.8 Å². The van der Waals surface area contributed by atoms with Crippen LogP contribution in [0.15, 0.2) is 42.5 Å². The van der Waals surface area contributed by atoms with Gasteiger partial charge in [-0.15, -0.1) is 0 Å². The molecule has 1 unspecified atom stereocenters. The molecule has 1 atom stereocenters. The smallest absolute Gasteiger partial charge is 0.265 e. The van der Waals surface area contributed by atoms with E-state index in [4.69, 9.17) is 4.74 Å². The minimum Gasteiger partial charge on any atom is -0.481 e. The van der Waals surface area contributed by atoms with Gasteiger partial charge in [-0.25, -0.2) is 0 Å². The summed E-state index contributed by atoms with van der Waals surface area (Å²) in [6.07, 6.45) is 1.58. The molecule has 3 aromatic carbocycles. The number of aryl methyl sites for hydroxylation is 4. The molecule has 0 aromatic heterocycles. The van der Waals surface area contributed by atoms with E-state index in [-0.39, 0.29) is 5.91 Å². The molecule has 0 spiro atoms. The van der Waals surface area contributed by atoms with Crippen LogP contribution in [0.3, 0.4) is 0 Å². The number of hydrogen-bond acceptors (Lipinski definition) is 2. The van der Waals surface area contributed by atoms with Crippen molar-refractivity contribution in [1.82, 2.24) is 0 Å². The highest BCUT2D eigenvalue weighted by atomic mass is 16.5. The van der Waals surface area contributed by atoms with Crippen LogP contribution in [0, 0.1) is 20.8 Å². The Morgan fingerprint density at radius 2 is 1.78 bits per heavy atom. The molecule has 3 heteroatoms. The number of carbonyl (C=O) groups excluding carboxylic acids is 1. The van der Waals surface area contributed by atoms with E-state index in [1.165, 1.54) is 22.1 Å². The molecule has 0 bridgehead atoms. The Hall–Kier alpha value is -2.81. The molecule has 3 nitrogen and oxygen atoms in total. The van der Waals surface area contributed by atoms with E-state index < -0.39 is 6.10 Å². The first-order chi connectivity index (χ1) is 12.9. The molecule has 1 N–H and O–H groups in total. The topological polar surface area (TPSA) is 38.3 Å². The first-order valence-corrected chi connectivity index (χ1v) is 9.53. The minimum absolute atomic E-state index is 0.132. The largest absolute Gasteiger partial charge is 0.481 e. The Kier molecular flexibility index (Phi) is 4.39. The molecular formula is C24H25NO2. The Morgan fingerprint density at radius 1 is 1.04 bits per heavy atom. The second-order valence-electron chi connectivity index (χ2n) is 7.57. The fourth-order valence-electron chi connectivity index (χ4n) is 3.96. The molecule has 1 aliphatic rings. The monoisotopic (exact) mass is 359 g/mol. The van der Waals surface area contributed by atoms with Gasteiger partial charge in [-0.3, -0.25) is 4.79 Å². The summed E-state index contributed by atoms with van der Waals surface area (Å²) in [5.41, 5.74) is 6.97. The normalized spacial score (nSPS) is 13.6. The predicted molar refractivity (Wildman–Crippen MR) is 111 cm³/mol. The summed E-state index contributed by atoms with van der Waals surface area (Å²) in [7, 11) is 0. The number of ether oxygens (including phenoxy) is 1. The standard InChI is InChI=1S/C24H25NO2/c1-14-12-15(2)16(3)22(13-14)27-17(4)24(26)25-21-11-10-19-9-8-18-6-5-7-20(21)23(18)19/h5-7,10-13,17H,8-9H2,1-4H3,(H,25,26). The minimum atomic E-state index is -0.576. The second kappa shape index (κ2) is 6.73. The van der Waals surface area contributed by atoms with Crippen molar-refractivity contribution in [3.05, 3.63) is 70.3 Å². The molecule has 4 rings (SSSR count). The maximum Gasteiger partial charge on any atom is 0.265 e. The maximum absolute atomic E-state index is 12.8. The summed E-state index contributed by atoms with van der Waals surface area (Å²) in [5.74, 6) is 0.641. The first-order valence-electron chi connectivity index (χ1n) is 9.53. The second-order valence-corrected chi connectivity index (χ2v) is 7.57. The fourth-order valence-corrected chi connectivity index (χ4v) is 3.96. The zero-order valence-corrected chi connectivity index (χ0v) is 16.3. The predicted octanol–water partition coefficient (Wildman–Crippen LogP) is 5.27. The van der Waals surface area contributed by atoms with Gasteiger partial charge in [0, 0.05) is 11.1 Å². The maximum atomic E-state index is 12.8. The van der Waals surface area contributed by atoms with E-state index in [2.05, 4.69) is 42.6 Å². The fraction of sp³-hybridized carbons (Fsp3) is 0.292. The van der Waals surface area contributed by atoms with Gasteiger partial charge in [0.05, 0.1) is 0 Å². The van der Waals surface area contributed by atoms with Crippen molar-refractivity contribution in [2.75, 3.05) is 5.32 Å². The van der Waals surface area contributed by atoms with Gasteiger partial charge in [-0.2, -0.15) is 0 Å². The highest BCUT2D eigenvalue weighted by Gasteiger charge is 2.20. The molecule has 0 fully saturated rings. The van der Waals surface area contributed by atoms with Crippen LogP contribution in [0.1, 0.15) is 34.7 Å². The van der Waals surface area contributed by atoms with E-state index in [1.54, 1.807) is 6.92 Å². The summed E-state index contributed by atoms with van der Waals surface area (Å²) in [6.45, 7) is 7.92. The van der Waals surface area contributed by atoms with E-state index in [0.717, 1.165) is 40.8 Å². The lowest BCUT2D eigenvalue weighted by Gasteiger charge is -2.18. The van der Waals surface area contributed by atoms with Crippen LogP contribution < -0.4 is 10.1 Å². The van der Waals surface area contributed by atoms with E-state index in [1.807, 2.05) is 26.0 Å². The lowest BCUT2D eigenvalue weighted by molar-refractivity contribution is -0.122. The van der Waals surface area contributed by atoms with E-state index >= 15 is 0 Å².